The molecule has 198 valence electrons. The first kappa shape index (κ1) is 25.0. The van der Waals surface area contributed by atoms with Crippen molar-refractivity contribution in [2.24, 2.45) is 5.92 Å². The number of carbonyl (C=O) groups excluding carboxylic acids is 1. The molecule has 3 fully saturated rings. The summed E-state index contributed by atoms with van der Waals surface area (Å²) in [5.41, 5.74) is 1.67. The zero-order valence-corrected chi connectivity index (χ0v) is 22.4. The van der Waals surface area contributed by atoms with E-state index in [0.29, 0.717) is 18.6 Å². The maximum Gasteiger partial charge on any atom is 0.229 e. The van der Waals surface area contributed by atoms with Crippen molar-refractivity contribution in [1.29, 1.82) is 0 Å². The number of benzene rings is 2. The first-order chi connectivity index (χ1) is 17.3. The molecule has 7 heteroatoms. The maximum absolute atomic E-state index is 13.7. The van der Waals surface area contributed by atoms with Gasteiger partial charge in [0.05, 0.1) is 23.0 Å². The average Bonchev–Trinajstić information content (AvgIpc) is 3.63. The van der Waals surface area contributed by atoms with Gasteiger partial charge in [0.1, 0.15) is 6.10 Å². The largest absolute Gasteiger partial charge is 0.504 e. The van der Waals surface area contributed by atoms with E-state index in [1.54, 1.807) is 6.07 Å². The van der Waals surface area contributed by atoms with Gasteiger partial charge in [-0.3, -0.25) is 9.69 Å². The monoisotopic (exact) mass is 524 g/mol. The number of nitrogens with zero attached hydrogens (tertiary/aromatic N) is 2. The number of ether oxygens (including phenoxy) is 1. The van der Waals surface area contributed by atoms with E-state index in [-0.39, 0.29) is 48.2 Å². The number of hydrogen-bond acceptors (Lipinski definition) is 5. The van der Waals surface area contributed by atoms with E-state index in [0.717, 1.165) is 43.0 Å². The van der Waals surface area contributed by atoms with Crippen LogP contribution in [-0.4, -0.2) is 69.8 Å². The lowest BCUT2D eigenvalue weighted by molar-refractivity contribution is -0.200. The SMILES string of the molecule is C[C@@H](C(=O)N(C)C1CC[C@@]2(O)[C@H]3Cc4ccc(O)c5c4[C@@]2(CCN3CC2CC2)C1O5)c1ccccc1.Cl. The van der Waals surface area contributed by atoms with Crippen molar-refractivity contribution < 1.29 is 19.7 Å². The number of carbonyl (C=O) groups is 1. The third kappa shape index (κ3) is 3.34. The summed E-state index contributed by atoms with van der Waals surface area (Å²) in [6.45, 7) is 3.95. The molecule has 6 atom stereocenters. The van der Waals surface area contributed by atoms with Crippen LogP contribution in [0.5, 0.6) is 11.5 Å². The Balaban J connectivity index is 0.00000252. The molecule has 1 amide bonds. The Labute approximate surface area is 225 Å². The number of amides is 1. The lowest BCUT2D eigenvalue weighted by Gasteiger charge is -2.64. The van der Waals surface area contributed by atoms with Crippen LogP contribution in [-0.2, 0) is 16.6 Å². The lowest BCUT2D eigenvalue weighted by Crippen LogP contribution is -2.78. The van der Waals surface area contributed by atoms with Crippen LogP contribution in [0.25, 0.3) is 0 Å². The minimum atomic E-state index is -0.928. The second-order valence-corrected chi connectivity index (χ2v) is 12.0. The van der Waals surface area contributed by atoms with Crippen molar-refractivity contribution in [2.45, 2.75) is 80.6 Å². The Hall–Kier alpha value is -2.28. The number of aliphatic hydroxyl groups is 1. The second kappa shape index (κ2) is 8.62. The van der Waals surface area contributed by atoms with Crippen LogP contribution in [0.1, 0.15) is 61.6 Å². The van der Waals surface area contributed by atoms with Gasteiger partial charge in [-0.1, -0.05) is 36.4 Å². The molecule has 2 aromatic carbocycles. The molecular weight excluding hydrogens is 488 g/mol. The molecule has 2 saturated carbocycles. The number of hydrogen-bond donors (Lipinski definition) is 2. The van der Waals surface area contributed by atoms with Gasteiger partial charge in [0.15, 0.2) is 11.5 Å². The molecule has 2 heterocycles. The van der Waals surface area contributed by atoms with Crippen LogP contribution in [0.3, 0.4) is 0 Å². The quantitative estimate of drug-likeness (QED) is 0.618. The number of likely N-dealkylation sites (N-methyl/N-ethyl adjacent to an activating group) is 1. The first-order valence-electron chi connectivity index (χ1n) is 13.6. The highest BCUT2D eigenvalue weighted by atomic mass is 35.5. The van der Waals surface area contributed by atoms with Gasteiger partial charge in [-0.25, -0.2) is 0 Å². The fourth-order valence-electron chi connectivity index (χ4n) is 8.21. The molecule has 2 bridgehead atoms. The van der Waals surface area contributed by atoms with Crippen molar-refractivity contribution in [3.05, 3.63) is 59.2 Å². The molecule has 2 aromatic rings. The van der Waals surface area contributed by atoms with Gasteiger partial charge in [0, 0.05) is 25.2 Å². The molecule has 7 rings (SSSR count). The standard InChI is InChI=1S/C30H36N2O4.ClH/c1-18(20-6-4-3-5-7-20)28(34)31(2)22-12-13-30(35)24-16-21-10-11-23(33)26-25(21)29(30,27(22)36-26)14-15-32(24)17-19-8-9-19;/h3-7,10-11,18-19,22,24,27,33,35H,8-9,12-17H2,1-2H3;1H/t18-,22?,24-,27?,29+,30-;/m1./s1. The summed E-state index contributed by atoms with van der Waals surface area (Å²) in [7, 11) is 1.89. The molecule has 37 heavy (non-hydrogen) atoms. The molecule has 0 radical (unpaired) electrons. The summed E-state index contributed by atoms with van der Waals surface area (Å²) in [4.78, 5) is 18.1. The van der Waals surface area contributed by atoms with Gasteiger partial charge < -0.3 is 19.8 Å². The summed E-state index contributed by atoms with van der Waals surface area (Å²) in [5, 5.41) is 23.5. The number of rotatable bonds is 5. The molecular formula is C30H37ClN2O4. The third-order valence-electron chi connectivity index (χ3n) is 10.2. The van der Waals surface area contributed by atoms with Crippen molar-refractivity contribution in [1.82, 2.24) is 9.80 Å². The normalized spacial score (nSPS) is 34.1. The summed E-state index contributed by atoms with van der Waals surface area (Å²) in [6, 6.07) is 13.6. The van der Waals surface area contributed by atoms with Crippen molar-refractivity contribution in [2.75, 3.05) is 20.1 Å². The minimum absolute atomic E-state index is 0. The zero-order chi connectivity index (χ0) is 24.8. The van der Waals surface area contributed by atoms with E-state index < -0.39 is 11.0 Å². The van der Waals surface area contributed by atoms with E-state index >= 15 is 0 Å². The summed E-state index contributed by atoms with van der Waals surface area (Å²) < 4.78 is 6.65. The first-order valence-corrected chi connectivity index (χ1v) is 13.6. The van der Waals surface area contributed by atoms with Gasteiger partial charge in [0.2, 0.25) is 5.91 Å². The van der Waals surface area contributed by atoms with Crippen molar-refractivity contribution in [3.8, 4) is 11.5 Å². The molecule has 0 aromatic heterocycles. The average molecular weight is 525 g/mol. The molecule has 1 spiro atoms. The van der Waals surface area contributed by atoms with Crippen LogP contribution in [0.2, 0.25) is 0 Å². The predicted octanol–water partition coefficient (Wildman–Crippen LogP) is 4.01. The minimum Gasteiger partial charge on any atom is -0.504 e. The Morgan fingerprint density at radius 1 is 1.16 bits per heavy atom. The highest BCUT2D eigenvalue weighted by Gasteiger charge is 2.73. The van der Waals surface area contributed by atoms with Gasteiger partial charge in [-0.05, 0) is 75.1 Å². The molecule has 2 aliphatic heterocycles. The van der Waals surface area contributed by atoms with E-state index in [1.165, 1.54) is 18.4 Å². The molecule has 2 N–H and O–H groups in total. The second-order valence-electron chi connectivity index (χ2n) is 12.0. The Kier molecular flexibility index (Phi) is 5.83. The number of likely N-dealkylation sites (tertiary alicyclic amines) is 1. The summed E-state index contributed by atoms with van der Waals surface area (Å²) in [5.74, 6) is 1.24. The number of piperidine rings is 1. The van der Waals surface area contributed by atoms with E-state index in [9.17, 15) is 15.0 Å². The van der Waals surface area contributed by atoms with E-state index in [1.807, 2.05) is 55.3 Å². The summed E-state index contributed by atoms with van der Waals surface area (Å²) >= 11 is 0. The topological polar surface area (TPSA) is 73.2 Å². The van der Waals surface area contributed by atoms with E-state index in [2.05, 4.69) is 4.90 Å². The molecule has 3 aliphatic carbocycles. The summed E-state index contributed by atoms with van der Waals surface area (Å²) in [6.07, 6.45) is 5.10. The van der Waals surface area contributed by atoms with Crippen LogP contribution in [0.15, 0.2) is 42.5 Å². The van der Waals surface area contributed by atoms with Crippen LogP contribution < -0.4 is 4.74 Å². The zero-order valence-electron chi connectivity index (χ0n) is 21.6. The fourth-order valence-corrected chi connectivity index (χ4v) is 8.21. The third-order valence-corrected chi connectivity index (χ3v) is 10.2. The van der Waals surface area contributed by atoms with Crippen molar-refractivity contribution >= 4 is 18.3 Å². The molecule has 6 nitrogen and oxygen atoms in total. The van der Waals surface area contributed by atoms with Crippen LogP contribution in [0, 0.1) is 5.92 Å². The van der Waals surface area contributed by atoms with Crippen molar-refractivity contribution in [3.63, 3.8) is 0 Å². The van der Waals surface area contributed by atoms with Crippen LogP contribution >= 0.6 is 12.4 Å². The number of phenols is 1. The predicted molar refractivity (Wildman–Crippen MR) is 143 cm³/mol. The van der Waals surface area contributed by atoms with Gasteiger partial charge in [-0.2, -0.15) is 0 Å². The van der Waals surface area contributed by atoms with Gasteiger partial charge >= 0.3 is 0 Å². The smallest absolute Gasteiger partial charge is 0.229 e. The highest BCUT2D eigenvalue weighted by molar-refractivity contribution is 5.85. The molecule has 1 saturated heterocycles. The Morgan fingerprint density at radius 2 is 1.92 bits per heavy atom. The molecule has 5 aliphatic rings. The Bertz CT molecular complexity index is 1220. The fraction of sp³-hybridized carbons (Fsp3) is 0.567. The number of phenolic OH excluding ortho intramolecular Hbond substituents is 1. The van der Waals surface area contributed by atoms with Gasteiger partial charge in [0.25, 0.3) is 0 Å². The highest BCUT2D eigenvalue weighted by Crippen LogP contribution is 2.66. The van der Waals surface area contributed by atoms with E-state index in [4.69, 9.17) is 4.74 Å². The lowest BCUT2D eigenvalue weighted by atomic mass is 9.48. The molecule has 2 unspecified atom stereocenters. The van der Waals surface area contributed by atoms with Gasteiger partial charge in [-0.15, -0.1) is 12.4 Å². The number of aromatic hydroxyl groups is 1. The maximum atomic E-state index is 13.7. The van der Waals surface area contributed by atoms with Crippen LogP contribution in [0.4, 0.5) is 0 Å². The Morgan fingerprint density at radius 3 is 2.65 bits per heavy atom. The number of halogens is 1.